The zero-order valence-electron chi connectivity index (χ0n) is 14.9. The first kappa shape index (κ1) is 18.7. The summed E-state index contributed by atoms with van der Waals surface area (Å²) in [6, 6.07) is 18.5. The van der Waals surface area contributed by atoms with Gasteiger partial charge in [0.1, 0.15) is 11.6 Å². The lowest BCUT2D eigenvalue weighted by atomic mass is 10.1. The number of nitrogens with one attached hydrogen (secondary N) is 2. The molecular weight excluding hydrogens is 362 g/mol. The number of hydrogen-bond acceptors (Lipinski definition) is 4. The molecule has 0 saturated carbocycles. The predicted octanol–water partition coefficient (Wildman–Crippen LogP) is 4.46. The average molecular weight is 382 g/mol. The van der Waals surface area contributed by atoms with E-state index >= 15 is 0 Å². The second-order valence-electron chi connectivity index (χ2n) is 5.88. The average Bonchev–Trinajstić information content (AvgIpc) is 2.68. The SMILES string of the molecule is COc1ccccc1CCNC(=O)c1ccnc(Nc2cccc(Cl)c2)c1. The summed E-state index contributed by atoms with van der Waals surface area (Å²) in [6.07, 6.45) is 2.29. The standard InChI is InChI=1S/C21H20ClN3O2/c1-27-19-8-3-2-5-15(19)9-12-24-21(26)16-10-11-23-20(13-16)25-18-7-4-6-17(22)14-18/h2-8,10-11,13-14H,9,12H2,1H3,(H,23,25)(H,24,26). The monoisotopic (exact) mass is 381 g/mol. The number of anilines is 2. The molecule has 2 N–H and O–H groups in total. The van der Waals surface area contributed by atoms with E-state index < -0.39 is 0 Å². The Morgan fingerprint density at radius 3 is 2.78 bits per heavy atom. The zero-order chi connectivity index (χ0) is 19.1. The number of amides is 1. The van der Waals surface area contributed by atoms with Crippen LogP contribution in [0.1, 0.15) is 15.9 Å². The fourth-order valence-corrected chi connectivity index (χ4v) is 2.87. The number of ether oxygens (including phenoxy) is 1. The highest BCUT2D eigenvalue weighted by Gasteiger charge is 2.08. The Morgan fingerprint density at radius 2 is 1.96 bits per heavy atom. The maximum absolute atomic E-state index is 12.4. The van der Waals surface area contributed by atoms with E-state index in [9.17, 15) is 4.79 Å². The molecular formula is C21H20ClN3O2. The second kappa shape index (κ2) is 9.05. The van der Waals surface area contributed by atoms with Crippen LogP contribution in [0.15, 0.2) is 66.9 Å². The summed E-state index contributed by atoms with van der Waals surface area (Å²) in [7, 11) is 1.64. The molecule has 1 aromatic heterocycles. The van der Waals surface area contributed by atoms with Crippen molar-refractivity contribution in [3.63, 3.8) is 0 Å². The van der Waals surface area contributed by atoms with Gasteiger partial charge < -0.3 is 15.4 Å². The fraction of sp³-hybridized carbons (Fsp3) is 0.143. The molecule has 2 aromatic carbocycles. The van der Waals surface area contributed by atoms with E-state index in [1.807, 2.05) is 36.4 Å². The molecule has 0 unspecified atom stereocenters. The quantitative estimate of drug-likeness (QED) is 0.634. The first-order valence-electron chi connectivity index (χ1n) is 8.54. The third-order valence-corrected chi connectivity index (χ3v) is 4.23. The van der Waals surface area contributed by atoms with Crippen LogP contribution in [0.5, 0.6) is 5.75 Å². The van der Waals surface area contributed by atoms with Crippen LogP contribution in [0.3, 0.4) is 0 Å². The molecule has 27 heavy (non-hydrogen) atoms. The molecule has 1 heterocycles. The van der Waals surface area contributed by atoms with Crippen LogP contribution in [-0.2, 0) is 6.42 Å². The lowest BCUT2D eigenvalue weighted by molar-refractivity contribution is 0.0954. The molecule has 0 aliphatic rings. The molecule has 0 bridgehead atoms. The van der Waals surface area contributed by atoms with Crippen molar-refractivity contribution in [2.75, 3.05) is 19.0 Å². The minimum absolute atomic E-state index is 0.151. The normalized spacial score (nSPS) is 10.3. The molecule has 138 valence electrons. The number of hydrogen-bond donors (Lipinski definition) is 2. The van der Waals surface area contributed by atoms with Gasteiger partial charge in [-0.15, -0.1) is 0 Å². The minimum Gasteiger partial charge on any atom is -0.496 e. The number of para-hydroxylation sites is 1. The van der Waals surface area contributed by atoms with Crippen molar-refractivity contribution in [3.05, 3.63) is 83.0 Å². The van der Waals surface area contributed by atoms with E-state index in [2.05, 4.69) is 15.6 Å². The number of pyridine rings is 1. The molecule has 0 saturated heterocycles. The predicted molar refractivity (Wildman–Crippen MR) is 108 cm³/mol. The highest BCUT2D eigenvalue weighted by atomic mass is 35.5. The minimum atomic E-state index is -0.151. The number of benzene rings is 2. The number of rotatable bonds is 7. The highest BCUT2D eigenvalue weighted by molar-refractivity contribution is 6.30. The lowest BCUT2D eigenvalue weighted by Gasteiger charge is -2.10. The van der Waals surface area contributed by atoms with Gasteiger partial charge in [0.05, 0.1) is 7.11 Å². The summed E-state index contributed by atoms with van der Waals surface area (Å²) in [6.45, 7) is 0.512. The van der Waals surface area contributed by atoms with Gasteiger partial charge in [-0.05, 0) is 48.4 Å². The van der Waals surface area contributed by atoms with Gasteiger partial charge in [0, 0.05) is 29.0 Å². The van der Waals surface area contributed by atoms with E-state index in [4.69, 9.17) is 16.3 Å². The fourth-order valence-electron chi connectivity index (χ4n) is 2.68. The summed E-state index contributed by atoms with van der Waals surface area (Å²) >= 11 is 5.99. The molecule has 0 atom stereocenters. The van der Waals surface area contributed by atoms with Crippen molar-refractivity contribution >= 4 is 29.0 Å². The molecule has 0 radical (unpaired) electrons. The van der Waals surface area contributed by atoms with Gasteiger partial charge >= 0.3 is 0 Å². The molecule has 3 rings (SSSR count). The Labute approximate surface area is 163 Å². The number of nitrogens with zero attached hydrogens (tertiary/aromatic N) is 1. The van der Waals surface area contributed by atoms with Crippen LogP contribution in [0.4, 0.5) is 11.5 Å². The number of carbonyl (C=O) groups excluding carboxylic acids is 1. The van der Waals surface area contributed by atoms with Crippen LogP contribution in [0.2, 0.25) is 5.02 Å². The molecule has 0 aliphatic heterocycles. The number of carbonyl (C=O) groups is 1. The van der Waals surface area contributed by atoms with Crippen molar-refractivity contribution < 1.29 is 9.53 Å². The maximum atomic E-state index is 12.4. The van der Waals surface area contributed by atoms with Gasteiger partial charge in [-0.25, -0.2) is 4.98 Å². The van der Waals surface area contributed by atoms with Gasteiger partial charge in [0.15, 0.2) is 0 Å². The Bertz CT molecular complexity index is 931. The van der Waals surface area contributed by atoms with Crippen molar-refractivity contribution in [3.8, 4) is 5.75 Å². The molecule has 0 spiro atoms. The summed E-state index contributed by atoms with van der Waals surface area (Å²) in [5.74, 6) is 1.25. The zero-order valence-corrected chi connectivity index (χ0v) is 15.7. The molecule has 0 fully saturated rings. The maximum Gasteiger partial charge on any atom is 0.251 e. The lowest BCUT2D eigenvalue weighted by Crippen LogP contribution is -2.25. The van der Waals surface area contributed by atoms with Gasteiger partial charge in [-0.2, -0.15) is 0 Å². The van der Waals surface area contributed by atoms with Gasteiger partial charge in [0.2, 0.25) is 0 Å². The van der Waals surface area contributed by atoms with Crippen LogP contribution in [0.25, 0.3) is 0 Å². The van der Waals surface area contributed by atoms with E-state index in [0.29, 0.717) is 29.4 Å². The van der Waals surface area contributed by atoms with E-state index in [-0.39, 0.29) is 5.91 Å². The highest BCUT2D eigenvalue weighted by Crippen LogP contribution is 2.20. The largest absolute Gasteiger partial charge is 0.496 e. The Kier molecular flexibility index (Phi) is 6.28. The number of aromatic nitrogens is 1. The molecule has 3 aromatic rings. The van der Waals surface area contributed by atoms with Gasteiger partial charge in [0.25, 0.3) is 5.91 Å². The van der Waals surface area contributed by atoms with Gasteiger partial charge in [-0.1, -0.05) is 35.9 Å². The van der Waals surface area contributed by atoms with Crippen LogP contribution in [0, 0.1) is 0 Å². The summed E-state index contributed by atoms with van der Waals surface area (Å²) in [5, 5.41) is 6.70. The number of methoxy groups -OCH3 is 1. The first-order valence-corrected chi connectivity index (χ1v) is 8.92. The molecule has 5 nitrogen and oxygen atoms in total. The van der Waals surface area contributed by atoms with Crippen molar-refractivity contribution in [1.29, 1.82) is 0 Å². The number of halogens is 1. The Morgan fingerprint density at radius 1 is 1.11 bits per heavy atom. The Balaban J connectivity index is 1.60. The topological polar surface area (TPSA) is 63.2 Å². The van der Waals surface area contributed by atoms with E-state index in [0.717, 1.165) is 17.0 Å². The van der Waals surface area contributed by atoms with Crippen molar-refractivity contribution in [1.82, 2.24) is 10.3 Å². The molecule has 6 heteroatoms. The molecule has 1 amide bonds. The Hall–Kier alpha value is -3.05. The van der Waals surface area contributed by atoms with Crippen LogP contribution >= 0.6 is 11.6 Å². The van der Waals surface area contributed by atoms with E-state index in [1.165, 1.54) is 0 Å². The van der Waals surface area contributed by atoms with Crippen molar-refractivity contribution in [2.45, 2.75) is 6.42 Å². The van der Waals surface area contributed by atoms with E-state index in [1.54, 1.807) is 37.6 Å². The van der Waals surface area contributed by atoms with Crippen LogP contribution in [-0.4, -0.2) is 24.5 Å². The summed E-state index contributed by atoms with van der Waals surface area (Å²) < 4.78 is 5.33. The third kappa shape index (κ3) is 5.21. The van der Waals surface area contributed by atoms with Crippen LogP contribution < -0.4 is 15.4 Å². The van der Waals surface area contributed by atoms with Gasteiger partial charge in [-0.3, -0.25) is 4.79 Å². The first-order chi connectivity index (χ1) is 13.2. The molecule has 0 aliphatic carbocycles. The third-order valence-electron chi connectivity index (χ3n) is 3.99. The summed E-state index contributed by atoms with van der Waals surface area (Å²) in [5.41, 5.74) is 2.40. The summed E-state index contributed by atoms with van der Waals surface area (Å²) in [4.78, 5) is 16.7. The second-order valence-corrected chi connectivity index (χ2v) is 6.32. The smallest absolute Gasteiger partial charge is 0.251 e. The van der Waals surface area contributed by atoms with Crippen molar-refractivity contribution in [2.24, 2.45) is 0 Å².